The minimum absolute atomic E-state index is 0.226. The number of nitrogens with zero attached hydrogens (tertiary/aromatic N) is 1. The van der Waals surface area contributed by atoms with Crippen molar-refractivity contribution in [1.29, 1.82) is 0 Å². The van der Waals surface area contributed by atoms with Crippen LogP contribution in [0.1, 0.15) is 16.7 Å². The summed E-state index contributed by atoms with van der Waals surface area (Å²) in [5.41, 5.74) is 9.79. The number of nitrogens with two attached hydrogens (primary N) is 1. The zero-order valence-electron chi connectivity index (χ0n) is 11.6. The second-order valence-corrected chi connectivity index (χ2v) is 5.31. The predicted octanol–water partition coefficient (Wildman–Crippen LogP) is 3.40. The molecule has 0 atom stereocenters. The molecule has 0 amide bonds. The Hall–Kier alpha value is -1.94. The molecule has 0 fully saturated rings. The van der Waals surface area contributed by atoms with Crippen molar-refractivity contribution < 1.29 is 4.39 Å². The molecule has 0 aliphatic carbocycles. The Balaban J connectivity index is 2.28. The highest BCUT2D eigenvalue weighted by Crippen LogP contribution is 2.23. The molecule has 0 saturated heterocycles. The van der Waals surface area contributed by atoms with Crippen LogP contribution in [0.4, 0.5) is 10.1 Å². The van der Waals surface area contributed by atoms with E-state index in [0.29, 0.717) is 11.5 Å². The van der Waals surface area contributed by atoms with E-state index in [-0.39, 0.29) is 5.82 Å². The third kappa shape index (κ3) is 3.33. The van der Waals surface area contributed by atoms with E-state index >= 15 is 0 Å². The molecule has 0 aliphatic rings. The van der Waals surface area contributed by atoms with Crippen molar-refractivity contribution in [3.63, 3.8) is 0 Å². The fourth-order valence-corrected chi connectivity index (χ4v) is 2.29. The minimum Gasteiger partial charge on any atom is -0.389 e. The predicted molar refractivity (Wildman–Crippen MR) is 85.6 cm³/mol. The lowest BCUT2D eigenvalue weighted by Gasteiger charge is -2.23. The van der Waals surface area contributed by atoms with Crippen molar-refractivity contribution >= 4 is 22.9 Å². The van der Waals surface area contributed by atoms with Crippen molar-refractivity contribution in [3.05, 3.63) is 65.0 Å². The molecule has 20 heavy (non-hydrogen) atoms. The van der Waals surface area contributed by atoms with E-state index in [2.05, 4.69) is 11.0 Å². The van der Waals surface area contributed by atoms with Gasteiger partial charge >= 0.3 is 0 Å². The Morgan fingerprint density at radius 2 is 1.85 bits per heavy atom. The van der Waals surface area contributed by atoms with Gasteiger partial charge in [0.1, 0.15) is 10.8 Å². The first kappa shape index (κ1) is 14.5. The van der Waals surface area contributed by atoms with E-state index in [4.69, 9.17) is 18.0 Å². The average Bonchev–Trinajstić information content (AvgIpc) is 2.41. The quantitative estimate of drug-likeness (QED) is 0.874. The summed E-state index contributed by atoms with van der Waals surface area (Å²) < 4.78 is 12.9. The molecule has 0 radical (unpaired) electrons. The Kier molecular flexibility index (Phi) is 4.35. The van der Waals surface area contributed by atoms with Crippen molar-refractivity contribution in [1.82, 2.24) is 0 Å². The molecule has 0 saturated carbocycles. The third-order valence-corrected chi connectivity index (χ3v) is 3.38. The topological polar surface area (TPSA) is 29.3 Å². The van der Waals surface area contributed by atoms with E-state index in [9.17, 15) is 4.39 Å². The molecule has 2 N–H and O–H groups in total. The van der Waals surface area contributed by atoms with E-state index < -0.39 is 0 Å². The number of aryl methyl sites for hydroxylation is 1. The molecule has 0 bridgehead atoms. The number of anilines is 1. The molecule has 0 unspecified atom stereocenters. The molecule has 4 heteroatoms. The van der Waals surface area contributed by atoms with Gasteiger partial charge in [-0.3, -0.25) is 0 Å². The summed E-state index contributed by atoms with van der Waals surface area (Å²) in [6.07, 6.45) is 0. The van der Waals surface area contributed by atoms with Crippen molar-refractivity contribution in [2.24, 2.45) is 5.73 Å². The van der Waals surface area contributed by atoms with Gasteiger partial charge in [-0.25, -0.2) is 4.39 Å². The summed E-state index contributed by atoms with van der Waals surface area (Å²) in [5.74, 6) is -0.226. The van der Waals surface area contributed by atoms with Crippen LogP contribution in [0.15, 0.2) is 42.5 Å². The smallest absolute Gasteiger partial charge is 0.123 e. The maximum Gasteiger partial charge on any atom is 0.123 e. The first-order valence-electron chi connectivity index (χ1n) is 6.33. The molecule has 104 valence electrons. The van der Waals surface area contributed by atoms with Gasteiger partial charge in [0.05, 0.1) is 0 Å². The summed E-state index contributed by atoms with van der Waals surface area (Å²) in [7, 11) is 1.97. The first-order chi connectivity index (χ1) is 9.47. The second-order valence-electron chi connectivity index (χ2n) is 4.87. The summed E-state index contributed by atoms with van der Waals surface area (Å²) >= 11 is 5.10. The number of hydrogen-bond acceptors (Lipinski definition) is 2. The number of benzene rings is 2. The molecule has 2 rings (SSSR count). The van der Waals surface area contributed by atoms with Crippen LogP contribution >= 0.6 is 12.2 Å². The highest BCUT2D eigenvalue weighted by atomic mass is 32.1. The lowest BCUT2D eigenvalue weighted by atomic mass is 10.1. The van der Waals surface area contributed by atoms with Crippen LogP contribution in [0.2, 0.25) is 0 Å². The van der Waals surface area contributed by atoms with Crippen molar-refractivity contribution in [3.8, 4) is 0 Å². The van der Waals surface area contributed by atoms with Crippen LogP contribution in [-0.4, -0.2) is 12.0 Å². The summed E-state index contributed by atoms with van der Waals surface area (Å²) in [6, 6.07) is 12.5. The van der Waals surface area contributed by atoms with Gasteiger partial charge in [-0.2, -0.15) is 0 Å². The molecule has 2 aromatic carbocycles. The fraction of sp³-hybridized carbons (Fsp3) is 0.188. The average molecular weight is 288 g/mol. The molecular formula is C16H17FN2S. The highest BCUT2D eigenvalue weighted by molar-refractivity contribution is 7.80. The van der Waals surface area contributed by atoms with Crippen LogP contribution in [0.5, 0.6) is 0 Å². The monoisotopic (exact) mass is 288 g/mol. The van der Waals surface area contributed by atoms with E-state index in [0.717, 1.165) is 22.4 Å². The first-order valence-corrected chi connectivity index (χ1v) is 6.74. The maximum atomic E-state index is 12.9. The molecule has 2 nitrogen and oxygen atoms in total. The number of rotatable bonds is 4. The maximum absolute atomic E-state index is 12.9. The molecule has 0 aliphatic heterocycles. The lowest BCUT2D eigenvalue weighted by molar-refractivity contribution is 0.627. The van der Waals surface area contributed by atoms with Gasteiger partial charge in [-0.05, 0) is 42.3 Å². The van der Waals surface area contributed by atoms with E-state index in [1.165, 1.54) is 12.1 Å². The van der Waals surface area contributed by atoms with Gasteiger partial charge in [0, 0.05) is 24.8 Å². The van der Waals surface area contributed by atoms with E-state index in [1.54, 1.807) is 12.1 Å². The Labute approximate surface area is 124 Å². The summed E-state index contributed by atoms with van der Waals surface area (Å²) in [5, 5.41) is 0. The van der Waals surface area contributed by atoms with Gasteiger partial charge in [-0.15, -0.1) is 0 Å². The Morgan fingerprint density at radius 1 is 1.20 bits per heavy atom. The van der Waals surface area contributed by atoms with Crippen molar-refractivity contribution in [2.75, 3.05) is 11.9 Å². The van der Waals surface area contributed by atoms with Crippen LogP contribution in [0.3, 0.4) is 0 Å². The lowest BCUT2D eigenvalue weighted by Crippen LogP contribution is -2.21. The number of hydrogen-bond donors (Lipinski definition) is 1. The third-order valence-electron chi connectivity index (χ3n) is 3.16. The second kappa shape index (κ2) is 6.01. The number of thiocarbonyl (C=S) groups is 1. The van der Waals surface area contributed by atoms with E-state index in [1.807, 2.05) is 26.1 Å². The zero-order valence-corrected chi connectivity index (χ0v) is 12.4. The Morgan fingerprint density at radius 3 is 2.45 bits per heavy atom. The van der Waals surface area contributed by atoms with Crippen LogP contribution in [0, 0.1) is 12.7 Å². The molecule has 2 aromatic rings. The normalized spacial score (nSPS) is 10.3. The van der Waals surface area contributed by atoms with Gasteiger partial charge in [-0.1, -0.05) is 30.4 Å². The molecule has 0 aromatic heterocycles. The summed E-state index contributed by atoms with van der Waals surface area (Å²) in [4.78, 5) is 2.44. The van der Waals surface area contributed by atoms with Gasteiger partial charge in [0.2, 0.25) is 0 Å². The SMILES string of the molecule is Cc1ccc(C(N)=S)c(N(C)Cc2ccc(F)cc2)c1. The van der Waals surface area contributed by atoms with Crippen LogP contribution in [0.25, 0.3) is 0 Å². The standard InChI is InChI=1S/C16H17FN2S/c1-11-3-8-14(16(18)20)15(9-11)19(2)10-12-4-6-13(17)7-5-12/h3-9H,10H2,1-2H3,(H2,18,20). The number of halogens is 1. The van der Waals surface area contributed by atoms with Gasteiger partial charge in [0.15, 0.2) is 0 Å². The summed E-state index contributed by atoms with van der Waals surface area (Å²) in [6.45, 7) is 2.69. The fourth-order valence-electron chi connectivity index (χ4n) is 2.11. The molecule has 0 spiro atoms. The van der Waals surface area contributed by atoms with Crippen LogP contribution in [-0.2, 0) is 6.54 Å². The van der Waals surface area contributed by atoms with Gasteiger partial charge in [0.25, 0.3) is 0 Å². The molecular weight excluding hydrogens is 271 g/mol. The minimum atomic E-state index is -0.226. The van der Waals surface area contributed by atoms with Crippen LogP contribution < -0.4 is 10.6 Å². The van der Waals surface area contributed by atoms with Gasteiger partial charge < -0.3 is 10.6 Å². The zero-order chi connectivity index (χ0) is 14.7. The van der Waals surface area contributed by atoms with Crippen molar-refractivity contribution in [2.45, 2.75) is 13.5 Å². The highest BCUT2D eigenvalue weighted by Gasteiger charge is 2.10. The largest absolute Gasteiger partial charge is 0.389 e. The molecule has 0 heterocycles. The Bertz CT molecular complexity index is 623.